The van der Waals surface area contributed by atoms with Crippen LogP contribution in [0.25, 0.3) is 28.3 Å². The zero-order valence-electron chi connectivity index (χ0n) is 14.9. The molecule has 0 aromatic carbocycles. The summed E-state index contributed by atoms with van der Waals surface area (Å²) in [6, 6.07) is 3.13. The molecule has 0 atom stereocenters. The Labute approximate surface area is 153 Å². The molecule has 1 saturated carbocycles. The monoisotopic (exact) mass is 366 g/mol. The summed E-state index contributed by atoms with van der Waals surface area (Å²) in [5, 5.41) is 0. The largest absolute Gasteiger partial charge is 0.327 e. The van der Waals surface area contributed by atoms with E-state index in [0.29, 0.717) is 34.0 Å². The highest BCUT2D eigenvalue weighted by atomic mass is 19.1. The van der Waals surface area contributed by atoms with E-state index in [1.165, 1.54) is 18.7 Å². The molecule has 7 nitrogen and oxygen atoms in total. The lowest BCUT2D eigenvalue weighted by Gasteiger charge is -2.22. The van der Waals surface area contributed by atoms with Gasteiger partial charge in [0.2, 0.25) is 0 Å². The second-order valence-corrected chi connectivity index (χ2v) is 7.14. The molecule has 4 heterocycles. The van der Waals surface area contributed by atoms with Crippen molar-refractivity contribution >= 4 is 16.8 Å². The van der Waals surface area contributed by atoms with Gasteiger partial charge in [-0.15, -0.1) is 0 Å². The van der Waals surface area contributed by atoms with E-state index < -0.39 is 0 Å². The number of imidazole rings is 2. The topological polar surface area (TPSA) is 80.9 Å². The quantitative estimate of drug-likeness (QED) is 0.590. The molecule has 0 amide bonds. The minimum Gasteiger partial charge on any atom is -0.303 e. The number of fused-ring (bicyclic) bond motifs is 2. The Bertz CT molecular complexity index is 1210. The SMILES string of the molecule is Cc1nc(-c2cnc3ccc(F)cn23)nc2c1[nH]c(=O)n2C1CCCCC1. The zero-order valence-corrected chi connectivity index (χ0v) is 14.9. The van der Waals surface area contributed by atoms with Crippen LogP contribution in [0.4, 0.5) is 4.39 Å². The molecule has 1 aliphatic rings. The van der Waals surface area contributed by atoms with Gasteiger partial charge in [-0.25, -0.2) is 24.1 Å². The van der Waals surface area contributed by atoms with E-state index in [2.05, 4.69) is 15.0 Å². The van der Waals surface area contributed by atoms with Gasteiger partial charge in [-0.3, -0.25) is 8.97 Å². The molecule has 0 aliphatic heterocycles. The summed E-state index contributed by atoms with van der Waals surface area (Å²) in [7, 11) is 0. The van der Waals surface area contributed by atoms with Crippen molar-refractivity contribution in [2.75, 3.05) is 0 Å². The predicted octanol–water partition coefficient (Wildman–Crippen LogP) is 3.39. The molecule has 138 valence electrons. The van der Waals surface area contributed by atoms with Crippen molar-refractivity contribution in [3.8, 4) is 11.5 Å². The molecule has 0 radical (unpaired) electrons. The summed E-state index contributed by atoms with van der Waals surface area (Å²) in [4.78, 5) is 29.1. The van der Waals surface area contributed by atoms with Gasteiger partial charge in [-0.1, -0.05) is 19.3 Å². The molecule has 4 aromatic heterocycles. The minimum absolute atomic E-state index is 0.143. The van der Waals surface area contributed by atoms with Gasteiger partial charge < -0.3 is 4.98 Å². The van der Waals surface area contributed by atoms with Gasteiger partial charge in [-0.05, 0) is 31.9 Å². The number of nitrogens with zero attached hydrogens (tertiary/aromatic N) is 5. The van der Waals surface area contributed by atoms with Crippen LogP contribution in [-0.4, -0.2) is 28.9 Å². The van der Waals surface area contributed by atoms with Gasteiger partial charge in [0, 0.05) is 12.2 Å². The van der Waals surface area contributed by atoms with Gasteiger partial charge in [0.1, 0.15) is 22.7 Å². The molecule has 0 unspecified atom stereocenters. The summed E-state index contributed by atoms with van der Waals surface area (Å²) >= 11 is 0. The Kier molecular flexibility index (Phi) is 3.60. The first-order valence-corrected chi connectivity index (χ1v) is 9.23. The lowest BCUT2D eigenvalue weighted by Crippen LogP contribution is -2.24. The number of nitrogens with one attached hydrogen (secondary N) is 1. The van der Waals surface area contributed by atoms with Crippen molar-refractivity contribution in [3.63, 3.8) is 0 Å². The van der Waals surface area contributed by atoms with Crippen molar-refractivity contribution in [3.05, 3.63) is 46.5 Å². The molecule has 8 heteroatoms. The summed E-state index contributed by atoms with van der Waals surface area (Å²) in [6.45, 7) is 1.85. The smallest absolute Gasteiger partial charge is 0.303 e. The number of rotatable bonds is 2. The number of pyridine rings is 1. The van der Waals surface area contributed by atoms with Crippen LogP contribution in [0.15, 0.2) is 29.3 Å². The zero-order chi connectivity index (χ0) is 18.5. The van der Waals surface area contributed by atoms with Crippen LogP contribution in [0, 0.1) is 12.7 Å². The number of aromatic amines is 1. The Morgan fingerprint density at radius 1 is 1.19 bits per heavy atom. The van der Waals surface area contributed by atoms with Crippen molar-refractivity contribution in [1.29, 1.82) is 0 Å². The molecule has 1 N–H and O–H groups in total. The van der Waals surface area contributed by atoms with E-state index in [1.807, 2.05) is 6.92 Å². The first kappa shape index (κ1) is 16.2. The van der Waals surface area contributed by atoms with Crippen molar-refractivity contribution in [2.24, 2.45) is 0 Å². The van der Waals surface area contributed by atoms with Gasteiger partial charge in [0.15, 0.2) is 11.5 Å². The van der Waals surface area contributed by atoms with Crippen LogP contribution in [-0.2, 0) is 0 Å². The molecule has 0 saturated heterocycles. The third kappa shape index (κ3) is 2.55. The van der Waals surface area contributed by atoms with E-state index in [-0.39, 0.29) is 17.5 Å². The maximum atomic E-state index is 13.7. The van der Waals surface area contributed by atoms with Gasteiger partial charge in [0.05, 0.1) is 11.9 Å². The highest BCUT2D eigenvalue weighted by Gasteiger charge is 2.23. The molecule has 0 bridgehead atoms. The Hall–Kier alpha value is -3.03. The van der Waals surface area contributed by atoms with Crippen molar-refractivity contribution in [1.82, 2.24) is 28.9 Å². The fourth-order valence-electron chi connectivity index (χ4n) is 4.05. The average Bonchev–Trinajstić information content (AvgIpc) is 3.22. The maximum Gasteiger partial charge on any atom is 0.327 e. The van der Waals surface area contributed by atoms with Crippen LogP contribution in [0.5, 0.6) is 0 Å². The van der Waals surface area contributed by atoms with Crippen LogP contribution in [0.1, 0.15) is 43.8 Å². The first-order valence-electron chi connectivity index (χ1n) is 9.23. The molecule has 5 rings (SSSR count). The Balaban J connectivity index is 1.74. The summed E-state index contributed by atoms with van der Waals surface area (Å²) in [5.74, 6) is 0.0713. The second-order valence-electron chi connectivity index (χ2n) is 7.14. The number of hydrogen-bond acceptors (Lipinski definition) is 4. The number of hydrogen-bond donors (Lipinski definition) is 1. The summed E-state index contributed by atoms with van der Waals surface area (Å²) in [6.07, 6.45) is 8.40. The van der Waals surface area contributed by atoms with E-state index in [9.17, 15) is 9.18 Å². The normalized spacial score (nSPS) is 15.8. The van der Waals surface area contributed by atoms with Crippen molar-refractivity contribution in [2.45, 2.75) is 45.1 Å². The van der Waals surface area contributed by atoms with E-state index in [1.54, 1.807) is 21.2 Å². The molecule has 1 fully saturated rings. The minimum atomic E-state index is -0.361. The maximum absolute atomic E-state index is 13.7. The Morgan fingerprint density at radius 3 is 2.81 bits per heavy atom. The van der Waals surface area contributed by atoms with E-state index in [4.69, 9.17) is 4.98 Å². The van der Waals surface area contributed by atoms with Gasteiger partial charge in [-0.2, -0.15) is 0 Å². The molecule has 0 spiro atoms. The second kappa shape index (κ2) is 6.00. The molecular formula is C19H19FN6O. The third-order valence-electron chi connectivity index (χ3n) is 5.39. The number of H-pyrrole nitrogens is 1. The van der Waals surface area contributed by atoms with Crippen LogP contribution in [0.2, 0.25) is 0 Å². The number of halogens is 1. The fourth-order valence-corrected chi connectivity index (χ4v) is 4.05. The number of aryl methyl sites for hydroxylation is 1. The molecule has 4 aromatic rings. The predicted molar refractivity (Wildman–Crippen MR) is 99.2 cm³/mol. The van der Waals surface area contributed by atoms with Gasteiger partial charge in [0.25, 0.3) is 0 Å². The van der Waals surface area contributed by atoms with E-state index in [0.717, 1.165) is 25.7 Å². The molecular weight excluding hydrogens is 347 g/mol. The first-order chi connectivity index (χ1) is 13.1. The lowest BCUT2D eigenvalue weighted by atomic mass is 9.95. The standard InChI is InChI=1S/C19H19FN6O/c1-11-16-18(26(19(27)23-16)13-5-3-2-4-6-13)24-17(22-11)14-9-21-15-8-7-12(20)10-25(14)15/h7-10,13H,2-6H2,1H3,(H,23,27). The molecule has 27 heavy (non-hydrogen) atoms. The van der Waals surface area contributed by atoms with Crippen molar-refractivity contribution < 1.29 is 4.39 Å². The summed E-state index contributed by atoms with van der Waals surface area (Å²) < 4.78 is 17.1. The fraction of sp³-hybridized carbons (Fsp3) is 0.368. The van der Waals surface area contributed by atoms with E-state index >= 15 is 0 Å². The lowest BCUT2D eigenvalue weighted by molar-refractivity contribution is 0.352. The van der Waals surface area contributed by atoms with Crippen LogP contribution in [0.3, 0.4) is 0 Å². The number of aromatic nitrogens is 6. The average molecular weight is 366 g/mol. The van der Waals surface area contributed by atoms with Crippen LogP contribution < -0.4 is 5.69 Å². The Morgan fingerprint density at radius 2 is 2.00 bits per heavy atom. The third-order valence-corrected chi connectivity index (χ3v) is 5.39. The summed E-state index contributed by atoms with van der Waals surface area (Å²) in [5.41, 5.74) is 3.03. The van der Waals surface area contributed by atoms with Gasteiger partial charge >= 0.3 is 5.69 Å². The highest BCUT2D eigenvalue weighted by molar-refractivity contribution is 5.76. The van der Waals surface area contributed by atoms with Crippen LogP contribution >= 0.6 is 0 Å². The molecule has 1 aliphatic carbocycles. The highest BCUT2D eigenvalue weighted by Crippen LogP contribution is 2.30.